The number of sulfonamides is 1. The molecule has 0 aromatic heterocycles. The molecule has 0 spiro atoms. The maximum Gasteiger partial charge on any atom is 0.244 e. The second kappa shape index (κ2) is 12.6. The quantitative estimate of drug-likeness (QED) is 0.459. The molecular formula is C25H34FN3O6S. The third-order valence-corrected chi connectivity index (χ3v) is 6.59. The fraction of sp³-hybridized carbons (Fsp3) is 0.440. The van der Waals surface area contributed by atoms with Gasteiger partial charge in [0.2, 0.25) is 21.8 Å². The van der Waals surface area contributed by atoms with Crippen LogP contribution in [0.5, 0.6) is 11.5 Å². The van der Waals surface area contributed by atoms with Crippen molar-refractivity contribution in [1.29, 1.82) is 0 Å². The second-order valence-electron chi connectivity index (χ2n) is 8.77. The van der Waals surface area contributed by atoms with Gasteiger partial charge in [0.25, 0.3) is 0 Å². The number of carbonyl (C=O) groups excluding carboxylic acids is 2. The van der Waals surface area contributed by atoms with Crippen LogP contribution < -0.4 is 19.1 Å². The molecule has 0 saturated heterocycles. The molecule has 0 heterocycles. The summed E-state index contributed by atoms with van der Waals surface area (Å²) in [5.41, 5.74) is 0.785. The van der Waals surface area contributed by atoms with E-state index in [0.29, 0.717) is 23.6 Å². The zero-order chi connectivity index (χ0) is 27.0. The summed E-state index contributed by atoms with van der Waals surface area (Å²) in [5.74, 6) is -0.526. The summed E-state index contributed by atoms with van der Waals surface area (Å²) in [4.78, 5) is 27.6. The molecule has 2 aromatic carbocycles. The maximum absolute atomic E-state index is 13.5. The lowest BCUT2D eigenvalue weighted by Crippen LogP contribution is -2.51. The van der Waals surface area contributed by atoms with E-state index in [0.717, 1.165) is 10.6 Å². The summed E-state index contributed by atoms with van der Waals surface area (Å²) in [7, 11) is -1.03. The smallest absolute Gasteiger partial charge is 0.244 e. The number of carbonyl (C=O) groups is 2. The summed E-state index contributed by atoms with van der Waals surface area (Å²) in [6, 6.07) is 9.12. The van der Waals surface area contributed by atoms with Crippen molar-refractivity contribution in [3.63, 3.8) is 0 Å². The Balaban J connectivity index is 2.41. The van der Waals surface area contributed by atoms with Crippen LogP contribution in [0.4, 0.5) is 10.1 Å². The van der Waals surface area contributed by atoms with E-state index in [-0.39, 0.29) is 24.1 Å². The minimum Gasteiger partial charge on any atom is -0.493 e. The number of amides is 2. The van der Waals surface area contributed by atoms with Gasteiger partial charge in [-0.3, -0.25) is 13.9 Å². The van der Waals surface area contributed by atoms with Crippen LogP contribution in [0.15, 0.2) is 42.5 Å². The Hall–Kier alpha value is -3.34. The first-order valence-corrected chi connectivity index (χ1v) is 13.2. The zero-order valence-electron chi connectivity index (χ0n) is 21.4. The topological polar surface area (TPSA) is 105 Å². The van der Waals surface area contributed by atoms with Crippen molar-refractivity contribution in [2.45, 2.75) is 33.4 Å². The molecule has 36 heavy (non-hydrogen) atoms. The van der Waals surface area contributed by atoms with Gasteiger partial charge in [0, 0.05) is 19.2 Å². The molecule has 0 fully saturated rings. The molecule has 1 atom stereocenters. The van der Waals surface area contributed by atoms with E-state index in [1.165, 1.54) is 61.6 Å². The first-order valence-electron chi connectivity index (χ1n) is 11.4. The van der Waals surface area contributed by atoms with Crippen molar-refractivity contribution < 1.29 is 31.9 Å². The van der Waals surface area contributed by atoms with Crippen molar-refractivity contribution in [2.75, 3.05) is 37.9 Å². The van der Waals surface area contributed by atoms with Crippen molar-refractivity contribution in [3.05, 3.63) is 53.8 Å². The highest BCUT2D eigenvalue weighted by atomic mass is 32.2. The van der Waals surface area contributed by atoms with E-state index < -0.39 is 34.3 Å². The van der Waals surface area contributed by atoms with Gasteiger partial charge in [0.1, 0.15) is 18.4 Å². The van der Waals surface area contributed by atoms with Crippen LogP contribution in [0, 0.1) is 11.7 Å². The Morgan fingerprint density at radius 2 is 1.61 bits per heavy atom. The third-order valence-electron chi connectivity index (χ3n) is 5.45. The van der Waals surface area contributed by atoms with Gasteiger partial charge < -0.3 is 19.7 Å². The minimum absolute atomic E-state index is 0.0150. The largest absolute Gasteiger partial charge is 0.493 e. The van der Waals surface area contributed by atoms with Gasteiger partial charge in [-0.1, -0.05) is 26.0 Å². The van der Waals surface area contributed by atoms with Crippen LogP contribution in [-0.2, 0) is 26.2 Å². The summed E-state index contributed by atoms with van der Waals surface area (Å²) >= 11 is 0. The number of hydrogen-bond donors (Lipinski definition) is 1. The molecule has 9 nitrogen and oxygen atoms in total. The lowest BCUT2D eigenvalue weighted by atomic mass is 10.1. The van der Waals surface area contributed by atoms with Crippen LogP contribution in [0.25, 0.3) is 0 Å². The SMILES string of the molecule is COc1ccc(N(CC(=O)N(Cc2ccc(F)cc2)[C@@H](C)C(=O)NCC(C)C)S(C)(=O)=O)cc1OC. The second-order valence-corrected chi connectivity index (χ2v) is 10.7. The van der Waals surface area contributed by atoms with Gasteiger partial charge in [-0.15, -0.1) is 0 Å². The Labute approximate surface area is 212 Å². The first kappa shape index (κ1) is 28.9. The zero-order valence-corrected chi connectivity index (χ0v) is 22.3. The number of halogens is 1. The molecule has 0 saturated carbocycles. The van der Waals surface area contributed by atoms with Crippen molar-refractivity contribution in [3.8, 4) is 11.5 Å². The normalized spacial score (nSPS) is 12.1. The average molecular weight is 524 g/mol. The van der Waals surface area contributed by atoms with E-state index in [1.807, 2.05) is 13.8 Å². The van der Waals surface area contributed by atoms with Gasteiger partial charge in [-0.05, 0) is 42.7 Å². The number of hydrogen-bond acceptors (Lipinski definition) is 6. The molecule has 0 aliphatic heterocycles. The summed E-state index contributed by atoms with van der Waals surface area (Å²) in [6.45, 7) is 5.30. The van der Waals surface area contributed by atoms with Crippen molar-refractivity contribution >= 4 is 27.5 Å². The molecule has 0 aliphatic carbocycles. The summed E-state index contributed by atoms with van der Waals surface area (Å²) < 4.78 is 50.2. The standard InChI is InChI=1S/C25H34FN3O6S/c1-17(2)14-27-25(31)18(3)28(15-19-7-9-20(26)10-8-19)24(30)16-29(36(6,32)33)21-11-12-22(34-4)23(13-21)35-5/h7-13,17-18H,14-16H2,1-6H3,(H,27,31)/t18-/m0/s1. The molecular weight excluding hydrogens is 489 g/mol. The maximum atomic E-state index is 13.5. The Bertz CT molecular complexity index is 1150. The van der Waals surface area contributed by atoms with E-state index >= 15 is 0 Å². The van der Waals surface area contributed by atoms with Gasteiger partial charge in [-0.25, -0.2) is 12.8 Å². The fourth-order valence-corrected chi connectivity index (χ4v) is 4.26. The van der Waals surface area contributed by atoms with E-state index in [9.17, 15) is 22.4 Å². The number of rotatable bonds is 12. The van der Waals surface area contributed by atoms with Gasteiger partial charge in [0.05, 0.1) is 26.2 Å². The van der Waals surface area contributed by atoms with Gasteiger partial charge in [0.15, 0.2) is 11.5 Å². The number of anilines is 1. The molecule has 2 aromatic rings. The number of methoxy groups -OCH3 is 2. The van der Waals surface area contributed by atoms with Crippen LogP contribution in [-0.4, -0.2) is 64.7 Å². The molecule has 0 radical (unpaired) electrons. The molecule has 0 aliphatic rings. The van der Waals surface area contributed by atoms with Crippen molar-refractivity contribution in [2.24, 2.45) is 5.92 Å². The number of nitrogens with zero attached hydrogens (tertiary/aromatic N) is 2. The van der Waals surface area contributed by atoms with Crippen LogP contribution >= 0.6 is 0 Å². The highest BCUT2D eigenvalue weighted by molar-refractivity contribution is 7.92. The molecule has 2 amide bonds. The predicted molar refractivity (Wildman–Crippen MR) is 136 cm³/mol. The molecule has 198 valence electrons. The van der Waals surface area contributed by atoms with Crippen LogP contribution in [0.2, 0.25) is 0 Å². The molecule has 2 rings (SSSR count). The number of ether oxygens (including phenoxy) is 2. The van der Waals surface area contributed by atoms with E-state index in [1.54, 1.807) is 6.92 Å². The monoisotopic (exact) mass is 523 g/mol. The van der Waals surface area contributed by atoms with Gasteiger partial charge >= 0.3 is 0 Å². The van der Waals surface area contributed by atoms with E-state index in [4.69, 9.17) is 9.47 Å². The highest BCUT2D eigenvalue weighted by Crippen LogP contribution is 2.32. The first-order chi connectivity index (χ1) is 16.9. The van der Waals surface area contributed by atoms with E-state index in [2.05, 4.69) is 5.32 Å². The summed E-state index contributed by atoms with van der Waals surface area (Å²) in [6.07, 6.45) is 0.986. The number of nitrogens with one attached hydrogen (secondary N) is 1. The van der Waals surface area contributed by atoms with Crippen LogP contribution in [0.1, 0.15) is 26.3 Å². The predicted octanol–water partition coefficient (Wildman–Crippen LogP) is 2.80. The molecule has 0 unspecified atom stereocenters. The molecule has 1 N–H and O–H groups in total. The number of benzene rings is 2. The minimum atomic E-state index is -3.90. The average Bonchev–Trinajstić information content (AvgIpc) is 2.83. The molecule has 11 heteroatoms. The summed E-state index contributed by atoms with van der Waals surface area (Å²) in [5, 5.41) is 2.80. The third kappa shape index (κ3) is 7.84. The van der Waals surface area contributed by atoms with Crippen LogP contribution in [0.3, 0.4) is 0 Å². The lowest BCUT2D eigenvalue weighted by molar-refractivity contribution is -0.139. The van der Waals surface area contributed by atoms with Gasteiger partial charge in [-0.2, -0.15) is 0 Å². The highest BCUT2D eigenvalue weighted by Gasteiger charge is 2.30. The molecule has 0 bridgehead atoms. The Morgan fingerprint density at radius 3 is 2.14 bits per heavy atom. The lowest BCUT2D eigenvalue weighted by Gasteiger charge is -2.31. The Kier molecular flexibility index (Phi) is 10.1. The fourth-order valence-electron chi connectivity index (χ4n) is 3.42. The van der Waals surface area contributed by atoms with Crippen molar-refractivity contribution in [1.82, 2.24) is 10.2 Å². The Morgan fingerprint density at radius 1 is 1.00 bits per heavy atom.